The summed E-state index contributed by atoms with van der Waals surface area (Å²) in [5, 5.41) is 9.77. The molecule has 0 spiro atoms. The molecule has 1 aliphatic carbocycles. The van der Waals surface area contributed by atoms with Gasteiger partial charge in [0.15, 0.2) is 0 Å². The van der Waals surface area contributed by atoms with Gasteiger partial charge in [0, 0.05) is 17.3 Å². The first-order chi connectivity index (χ1) is 12.6. The lowest BCUT2D eigenvalue weighted by Gasteiger charge is -2.39. The maximum Gasteiger partial charge on any atom is 0.348 e. The first-order valence-electron chi connectivity index (χ1n) is 9.40. The van der Waals surface area contributed by atoms with E-state index in [1.807, 2.05) is 41.3 Å². The van der Waals surface area contributed by atoms with Crippen molar-refractivity contribution in [1.29, 1.82) is 0 Å². The molecule has 1 atom stereocenters. The maximum absolute atomic E-state index is 12.8. The number of amides is 1. The number of carbonyl (C=O) groups excluding carboxylic acids is 1. The summed E-state index contributed by atoms with van der Waals surface area (Å²) < 4.78 is 0. The third kappa shape index (κ3) is 3.16. The van der Waals surface area contributed by atoms with Gasteiger partial charge in [0.1, 0.15) is 4.88 Å². The van der Waals surface area contributed by atoms with Crippen LogP contribution in [-0.2, 0) is 4.79 Å². The largest absolute Gasteiger partial charge is 0.477 e. The van der Waals surface area contributed by atoms with Crippen molar-refractivity contribution in [3.8, 4) is 10.4 Å². The van der Waals surface area contributed by atoms with Crippen LogP contribution in [0.4, 0.5) is 5.69 Å². The highest BCUT2D eigenvalue weighted by Gasteiger charge is 2.38. The quantitative estimate of drug-likeness (QED) is 0.807. The normalized spacial score (nSPS) is 21.3. The molecule has 136 valence electrons. The Morgan fingerprint density at radius 1 is 1.08 bits per heavy atom. The van der Waals surface area contributed by atoms with Crippen LogP contribution in [-0.4, -0.2) is 23.0 Å². The van der Waals surface area contributed by atoms with E-state index in [-0.39, 0.29) is 16.8 Å². The van der Waals surface area contributed by atoms with Crippen LogP contribution in [0.3, 0.4) is 0 Å². The molecule has 1 aromatic carbocycles. The fourth-order valence-corrected chi connectivity index (χ4v) is 5.45. The molecule has 1 saturated carbocycles. The molecule has 1 unspecified atom stereocenters. The van der Waals surface area contributed by atoms with Gasteiger partial charge < -0.3 is 10.0 Å². The van der Waals surface area contributed by atoms with Gasteiger partial charge in [-0.2, -0.15) is 0 Å². The van der Waals surface area contributed by atoms with Crippen molar-refractivity contribution < 1.29 is 14.7 Å². The van der Waals surface area contributed by atoms with Gasteiger partial charge in [-0.15, -0.1) is 11.3 Å². The maximum atomic E-state index is 12.8. The number of hydrogen-bond donors (Lipinski definition) is 1. The second-order valence-electron chi connectivity index (χ2n) is 7.26. The van der Waals surface area contributed by atoms with Gasteiger partial charge in [-0.3, -0.25) is 4.79 Å². The molecule has 5 heteroatoms. The Labute approximate surface area is 157 Å². The number of benzene rings is 1. The van der Waals surface area contributed by atoms with Crippen LogP contribution in [0.15, 0.2) is 36.4 Å². The number of carbonyl (C=O) groups is 2. The summed E-state index contributed by atoms with van der Waals surface area (Å²) in [4.78, 5) is 27.8. The lowest BCUT2D eigenvalue weighted by atomic mass is 9.88. The van der Waals surface area contributed by atoms with Gasteiger partial charge >= 0.3 is 5.97 Å². The average molecular weight is 369 g/mol. The third-order valence-corrected chi connectivity index (χ3v) is 6.82. The SMILES string of the molecule is O=C(O)c1sc(-c2ccccc2)cc1N1C(=O)CCCC1C1CCCC1. The van der Waals surface area contributed by atoms with Crippen LogP contribution in [0.25, 0.3) is 10.4 Å². The molecule has 1 N–H and O–H groups in total. The molecule has 2 heterocycles. The molecule has 2 fully saturated rings. The number of hydrogen-bond acceptors (Lipinski definition) is 3. The number of anilines is 1. The second-order valence-corrected chi connectivity index (χ2v) is 8.32. The van der Waals surface area contributed by atoms with Gasteiger partial charge in [-0.05, 0) is 43.2 Å². The topological polar surface area (TPSA) is 57.6 Å². The van der Waals surface area contributed by atoms with E-state index in [0.717, 1.165) is 36.1 Å². The predicted octanol–water partition coefficient (Wildman–Crippen LogP) is 5.19. The zero-order valence-corrected chi connectivity index (χ0v) is 15.5. The summed E-state index contributed by atoms with van der Waals surface area (Å²) in [7, 11) is 0. The summed E-state index contributed by atoms with van der Waals surface area (Å²) in [5.41, 5.74) is 1.59. The van der Waals surface area contributed by atoms with Crippen molar-refractivity contribution in [2.45, 2.75) is 51.0 Å². The van der Waals surface area contributed by atoms with Crippen molar-refractivity contribution in [3.05, 3.63) is 41.3 Å². The minimum Gasteiger partial charge on any atom is -0.477 e. The predicted molar refractivity (Wildman–Crippen MR) is 104 cm³/mol. The first-order valence-corrected chi connectivity index (χ1v) is 10.2. The van der Waals surface area contributed by atoms with Crippen LogP contribution in [0.2, 0.25) is 0 Å². The molecule has 2 aromatic rings. The standard InChI is InChI=1S/C21H23NO3S/c23-19-12-6-11-16(14-7-4-5-8-14)22(19)17-13-18(26-20(17)21(24)25)15-9-2-1-3-10-15/h1-3,9-10,13-14,16H,4-8,11-12H2,(H,24,25). The molecule has 0 bridgehead atoms. The Morgan fingerprint density at radius 2 is 1.81 bits per heavy atom. The Hall–Kier alpha value is -2.14. The van der Waals surface area contributed by atoms with Gasteiger partial charge in [0.25, 0.3) is 0 Å². The molecule has 4 nitrogen and oxygen atoms in total. The monoisotopic (exact) mass is 369 g/mol. The number of thiophene rings is 1. The molecule has 2 aliphatic rings. The molecule has 1 aliphatic heterocycles. The molecule has 1 aromatic heterocycles. The molecule has 1 amide bonds. The number of piperidine rings is 1. The minimum atomic E-state index is -0.948. The molecular formula is C21H23NO3S. The minimum absolute atomic E-state index is 0.0769. The van der Waals surface area contributed by atoms with E-state index in [2.05, 4.69) is 0 Å². The van der Waals surface area contributed by atoms with Gasteiger partial charge in [-0.1, -0.05) is 43.2 Å². The highest BCUT2D eigenvalue weighted by atomic mass is 32.1. The van der Waals surface area contributed by atoms with Crippen molar-refractivity contribution in [2.75, 3.05) is 4.90 Å². The van der Waals surface area contributed by atoms with Crippen LogP contribution in [0.1, 0.15) is 54.6 Å². The number of rotatable bonds is 4. The highest BCUT2D eigenvalue weighted by Crippen LogP contribution is 2.43. The fourth-order valence-electron chi connectivity index (χ4n) is 4.46. The third-order valence-electron chi connectivity index (χ3n) is 5.66. The van der Waals surface area contributed by atoms with E-state index in [9.17, 15) is 14.7 Å². The smallest absolute Gasteiger partial charge is 0.348 e. The molecule has 0 radical (unpaired) electrons. The zero-order chi connectivity index (χ0) is 18.1. The number of aromatic carboxylic acids is 1. The van der Waals surface area contributed by atoms with Crippen LogP contribution in [0.5, 0.6) is 0 Å². The second kappa shape index (κ2) is 7.23. The molecule has 1 saturated heterocycles. The van der Waals surface area contributed by atoms with Crippen molar-refractivity contribution in [1.82, 2.24) is 0 Å². The molecular weight excluding hydrogens is 346 g/mol. The van der Waals surface area contributed by atoms with Crippen LogP contribution >= 0.6 is 11.3 Å². The van der Waals surface area contributed by atoms with Crippen molar-refractivity contribution >= 4 is 28.9 Å². The van der Waals surface area contributed by atoms with E-state index in [4.69, 9.17) is 0 Å². The van der Waals surface area contributed by atoms with E-state index < -0.39 is 5.97 Å². The van der Waals surface area contributed by atoms with E-state index in [0.29, 0.717) is 18.0 Å². The van der Waals surface area contributed by atoms with Crippen molar-refractivity contribution in [3.63, 3.8) is 0 Å². The Balaban J connectivity index is 1.77. The van der Waals surface area contributed by atoms with Crippen LogP contribution < -0.4 is 4.90 Å². The highest BCUT2D eigenvalue weighted by molar-refractivity contribution is 7.18. The lowest BCUT2D eigenvalue weighted by Crippen LogP contribution is -2.47. The molecule has 4 rings (SSSR count). The average Bonchev–Trinajstić information content (AvgIpc) is 3.32. The number of carboxylic acid groups (broad SMARTS) is 1. The fraction of sp³-hybridized carbons (Fsp3) is 0.429. The number of nitrogens with zero attached hydrogens (tertiary/aromatic N) is 1. The van der Waals surface area contributed by atoms with E-state index in [1.165, 1.54) is 24.2 Å². The zero-order valence-electron chi connectivity index (χ0n) is 14.7. The summed E-state index contributed by atoms with van der Waals surface area (Å²) in [5.74, 6) is -0.371. The first kappa shape index (κ1) is 17.3. The Kier molecular flexibility index (Phi) is 4.81. The van der Waals surface area contributed by atoms with E-state index >= 15 is 0 Å². The summed E-state index contributed by atoms with van der Waals surface area (Å²) in [6.07, 6.45) is 7.13. The molecule has 26 heavy (non-hydrogen) atoms. The Bertz CT molecular complexity index is 808. The van der Waals surface area contributed by atoms with Gasteiger partial charge in [0.05, 0.1) is 5.69 Å². The van der Waals surface area contributed by atoms with E-state index in [1.54, 1.807) is 0 Å². The summed E-state index contributed by atoms with van der Waals surface area (Å²) in [6.45, 7) is 0. The van der Waals surface area contributed by atoms with Crippen molar-refractivity contribution in [2.24, 2.45) is 5.92 Å². The lowest BCUT2D eigenvalue weighted by molar-refractivity contribution is -0.120. The summed E-state index contributed by atoms with van der Waals surface area (Å²) >= 11 is 1.27. The van der Waals surface area contributed by atoms with Gasteiger partial charge in [0.2, 0.25) is 5.91 Å². The van der Waals surface area contributed by atoms with Gasteiger partial charge in [-0.25, -0.2) is 4.79 Å². The van der Waals surface area contributed by atoms with Crippen LogP contribution in [0, 0.1) is 5.92 Å². The number of carboxylic acids is 1. The Morgan fingerprint density at radius 3 is 2.50 bits per heavy atom. The summed E-state index contributed by atoms with van der Waals surface area (Å²) in [6, 6.07) is 11.9.